The Balaban J connectivity index is 2.29. The Morgan fingerprint density at radius 1 is 1.29 bits per heavy atom. The molecule has 0 radical (unpaired) electrons. The lowest BCUT2D eigenvalue weighted by Gasteiger charge is -2.12. The van der Waals surface area contributed by atoms with Gasteiger partial charge in [-0.05, 0) is 31.7 Å². The highest BCUT2D eigenvalue weighted by Gasteiger charge is 2.05. The lowest BCUT2D eigenvalue weighted by Crippen LogP contribution is -2.12. The van der Waals surface area contributed by atoms with Gasteiger partial charge in [0.05, 0.1) is 0 Å². The van der Waals surface area contributed by atoms with E-state index in [2.05, 4.69) is 53.0 Å². The van der Waals surface area contributed by atoms with Gasteiger partial charge >= 0.3 is 0 Å². The van der Waals surface area contributed by atoms with Crippen LogP contribution in [0.2, 0.25) is 0 Å². The molecule has 1 atom stereocenters. The first-order chi connectivity index (χ1) is 8.26. The van der Waals surface area contributed by atoms with Crippen molar-refractivity contribution in [2.24, 2.45) is 0 Å². The van der Waals surface area contributed by atoms with Gasteiger partial charge in [-0.3, -0.25) is 0 Å². The summed E-state index contributed by atoms with van der Waals surface area (Å²) in [7, 11) is 1.98. The first kappa shape index (κ1) is 11.9. The number of nitrogens with zero attached hydrogens (tertiary/aromatic N) is 2. The minimum atomic E-state index is 0.387. The van der Waals surface area contributed by atoms with Crippen LogP contribution >= 0.6 is 0 Å². The van der Waals surface area contributed by atoms with Gasteiger partial charge in [-0.1, -0.05) is 19.1 Å². The number of hydrogen-bond acceptors (Lipinski definition) is 2. The van der Waals surface area contributed by atoms with Gasteiger partial charge in [-0.2, -0.15) is 0 Å². The fourth-order valence-electron chi connectivity index (χ4n) is 1.92. The van der Waals surface area contributed by atoms with E-state index < -0.39 is 0 Å². The quantitative estimate of drug-likeness (QED) is 0.873. The van der Waals surface area contributed by atoms with Crippen LogP contribution in [0.5, 0.6) is 0 Å². The molecule has 1 N–H and O–H groups in total. The molecule has 2 rings (SSSR count). The highest BCUT2D eigenvalue weighted by molar-refractivity contribution is 5.36. The van der Waals surface area contributed by atoms with E-state index >= 15 is 0 Å². The number of rotatable bonds is 4. The van der Waals surface area contributed by atoms with Gasteiger partial charge < -0.3 is 9.88 Å². The normalized spacial score (nSPS) is 12.6. The van der Waals surface area contributed by atoms with Crippen LogP contribution in [0.4, 0.5) is 0 Å². The first-order valence-electron chi connectivity index (χ1n) is 6.06. The average molecular weight is 229 g/mol. The minimum absolute atomic E-state index is 0.387. The molecule has 0 aliphatic carbocycles. The Labute approximate surface area is 103 Å². The molecule has 90 valence electrons. The molecule has 2 aromatic rings. The molecule has 1 aromatic carbocycles. The number of hydrogen-bond donors (Lipinski definition) is 1. The van der Waals surface area contributed by atoms with Crippen LogP contribution in [-0.2, 0) is 6.42 Å². The Kier molecular flexibility index (Phi) is 3.59. The van der Waals surface area contributed by atoms with Crippen molar-refractivity contribution >= 4 is 0 Å². The monoisotopic (exact) mass is 229 g/mol. The fraction of sp³-hybridized carbons (Fsp3) is 0.357. The molecule has 3 nitrogen and oxygen atoms in total. The number of imidazole rings is 1. The summed E-state index contributed by atoms with van der Waals surface area (Å²) >= 11 is 0. The highest BCUT2D eigenvalue weighted by Crippen LogP contribution is 2.16. The average Bonchev–Trinajstić information content (AvgIpc) is 2.86. The smallest absolute Gasteiger partial charge is 0.112 e. The van der Waals surface area contributed by atoms with Gasteiger partial charge in [0, 0.05) is 30.5 Å². The number of benzene rings is 1. The molecule has 0 fully saturated rings. The van der Waals surface area contributed by atoms with Crippen molar-refractivity contribution in [3.05, 3.63) is 48.0 Å². The summed E-state index contributed by atoms with van der Waals surface area (Å²) < 4.78 is 2.13. The predicted octanol–water partition coefficient (Wildman–Crippen LogP) is 2.72. The second kappa shape index (κ2) is 5.15. The zero-order valence-electron chi connectivity index (χ0n) is 10.6. The summed E-state index contributed by atoms with van der Waals surface area (Å²) in [6.45, 7) is 4.28. The van der Waals surface area contributed by atoms with Crippen molar-refractivity contribution in [1.82, 2.24) is 14.9 Å². The summed E-state index contributed by atoms with van der Waals surface area (Å²) in [4.78, 5) is 4.34. The second-order valence-electron chi connectivity index (χ2n) is 4.17. The van der Waals surface area contributed by atoms with Crippen LogP contribution in [0.25, 0.3) is 5.69 Å². The number of nitrogens with one attached hydrogen (secondary N) is 1. The van der Waals surface area contributed by atoms with E-state index in [0.717, 1.165) is 12.2 Å². The lowest BCUT2D eigenvalue weighted by atomic mass is 10.1. The molecule has 0 saturated carbocycles. The molecule has 0 aliphatic rings. The van der Waals surface area contributed by atoms with E-state index in [1.165, 1.54) is 11.3 Å². The molecule has 0 spiro atoms. The van der Waals surface area contributed by atoms with Crippen LogP contribution in [0.1, 0.15) is 31.3 Å². The SMILES string of the molecule is CCc1nccn1-c1ccc(C(C)NC)cc1. The molecule has 0 bridgehead atoms. The molecule has 0 amide bonds. The molecule has 0 aliphatic heterocycles. The van der Waals surface area contributed by atoms with Crippen LogP contribution in [0.3, 0.4) is 0 Å². The molecular formula is C14H19N3. The van der Waals surface area contributed by atoms with Gasteiger partial charge in [-0.25, -0.2) is 4.98 Å². The van der Waals surface area contributed by atoms with Crippen molar-refractivity contribution in [3.8, 4) is 5.69 Å². The molecular weight excluding hydrogens is 210 g/mol. The van der Waals surface area contributed by atoms with Crippen molar-refractivity contribution in [1.29, 1.82) is 0 Å². The van der Waals surface area contributed by atoms with E-state index in [0.29, 0.717) is 6.04 Å². The first-order valence-corrected chi connectivity index (χ1v) is 6.06. The summed E-state index contributed by atoms with van der Waals surface area (Å²) in [6.07, 6.45) is 4.81. The second-order valence-corrected chi connectivity index (χ2v) is 4.17. The third-order valence-electron chi connectivity index (χ3n) is 3.14. The maximum atomic E-state index is 4.34. The molecule has 1 heterocycles. The van der Waals surface area contributed by atoms with Gasteiger partial charge in [0.25, 0.3) is 0 Å². The summed E-state index contributed by atoms with van der Waals surface area (Å²) in [5, 5.41) is 3.24. The van der Waals surface area contributed by atoms with Crippen LogP contribution in [-0.4, -0.2) is 16.6 Å². The van der Waals surface area contributed by atoms with E-state index in [4.69, 9.17) is 0 Å². The summed E-state index contributed by atoms with van der Waals surface area (Å²) in [5.74, 6) is 1.10. The zero-order valence-corrected chi connectivity index (χ0v) is 10.6. The minimum Gasteiger partial charge on any atom is -0.313 e. The Morgan fingerprint density at radius 2 is 2.00 bits per heavy atom. The van der Waals surface area contributed by atoms with Crippen molar-refractivity contribution in [3.63, 3.8) is 0 Å². The highest BCUT2D eigenvalue weighted by atomic mass is 15.1. The number of aromatic nitrogens is 2. The van der Waals surface area contributed by atoms with E-state index in [9.17, 15) is 0 Å². The molecule has 1 unspecified atom stereocenters. The van der Waals surface area contributed by atoms with Gasteiger partial charge in [0.15, 0.2) is 0 Å². The third kappa shape index (κ3) is 2.39. The van der Waals surface area contributed by atoms with Crippen molar-refractivity contribution < 1.29 is 0 Å². The van der Waals surface area contributed by atoms with Crippen LogP contribution in [0, 0.1) is 0 Å². The van der Waals surface area contributed by atoms with Crippen LogP contribution < -0.4 is 5.32 Å². The number of aryl methyl sites for hydroxylation is 1. The van der Waals surface area contributed by atoms with Crippen molar-refractivity contribution in [2.75, 3.05) is 7.05 Å². The standard InChI is InChI=1S/C14H19N3/c1-4-14-16-9-10-17(14)13-7-5-12(6-8-13)11(2)15-3/h5-11,15H,4H2,1-3H3. The molecule has 0 saturated heterocycles. The van der Waals surface area contributed by atoms with Gasteiger partial charge in [0.1, 0.15) is 5.82 Å². The lowest BCUT2D eigenvalue weighted by molar-refractivity contribution is 0.652. The zero-order chi connectivity index (χ0) is 12.3. The predicted molar refractivity (Wildman–Crippen MR) is 70.4 cm³/mol. The fourth-order valence-corrected chi connectivity index (χ4v) is 1.92. The van der Waals surface area contributed by atoms with Crippen LogP contribution in [0.15, 0.2) is 36.7 Å². The molecule has 1 aromatic heterocycles. The maximum absolute atomic E-state index is 4.34. The summed E-state index contributed by atoms with van der Waals surface area (Å²) in [6, 6.07) is 9.00. The van der Waals surface area contributed by atoms with E-state index in [-0.39, 0.29) is 0 Å². The Bertz CT molecular complexity index is 470. The van der Waals surface area contributed by atoms with Crippen molar-refractivity contribution in [2.45, 2.75) is 26.3 Å². The van der Waals surface area contributed by atoms with Gasteiger partial charge in [-0.15, -0.1) is 0 Å². The largest absolute Gasteiger partial charge is 0.313 e. The third-order valence-corrected chi connectivity index (χ3v) is 3.14. The summed E-state index contributed by atoms with van der Waals surface area (Å²) in [5.41, 5.74) is 2.47. The molecule has 3 heteroatoms. The van der Waals surface area contributed by atoms with Gasteiger partial charge in [0.2, 0.25) is 0 Å². The van der Waals surface area contributed by atoms with E-state index in [1.54, 1.807) is 0 Å². The topological polar surface area (TPSA) is 29.9 Å². The Morgan fingerprint density at radius 3 is 2.59 bits per heavy atom. The molecule has 17 heavy (non-hydrogen) atoms. The maximum Gasteiger partial charge on any atom is 0.112 e. The van der Waals surface area contributed by atoms with E-state index in [1.807, 2.05) is 19.4 Å². The Hall–Kier alpha value is -1.61.